The monoisotopic (exact) mass is 230 g/mol. The van der Waals surface area contributed by atoms with Gasteiger partial charge in [0.05, 0.1) is 11.4 Å². The van der Waals surface area contributed by atoms with Gasteiger partial charge in [0.1, 0.15) is 0 Å². The zero-order chi connectivity index (χ0) is 7.15. The molecule has 11 heteroatoms. The van der Waals surface area contributed by atoms with E-state index >= 15 is 0 Å². The maximum absolute atomic E-state index is 8.56. The van der Waals surface area contributed by atoms with E-state index in [4.69, 9.17) is 26.6 Å². The van der Waals surface area contributed by atoms with E-state index in [2.05, 4.69) is 0 Å². The van der Waals surface area contributed by atoms with Crippen LogP contribution in [-0.4, -0.2) is 26.6 Å². The van der Waals surface area contributed by atoms with E-state index in [-0.39, 0.29) is 88.7 Å². The average Bonchev–Trinajstić information content (AvgIpc) is 1.25. The Labute approximate surface area is 135 Å². The fourth-order valence-corrected chi connectivity index (χ4v) is 0. The smallest absolute Gasteiger partial charge is 0.784 e. The molecule has 0 radical (unpaired) electrons. The molecule has 0 spiro atoms. The number of rotatable bonds is 0. The van der Waals surface area contributed by atoms with Crippen LogP contribution in [0.15, 0.2) is 0 Å². The van der Waals surface area contributed by atoms with Crippen molar-refractivity contribution in [2.24, 2.45) is 0 Å². The van der Waals surface area contributed by atoms with Crippen molar-refractivity contribution in [2.75, 3.05) is 0 Å². The van der Waals surface area contributed by atoms with Gasteiger partial charge in [-0.15, -0.1) is 11.4 Å². The minimum Gasteiger partial charge on any atom is -0.784 e. The van der Waals surface area contributed by atoms with E-state index in [1.165, 1.54) is 0 Å². The van der Waals surface area contributed by atoms with Gasteiger partial charge in [-0.1, -0.05) is 0 Å². The molecule has 0 aromatic carbocycles. The van der Waals surface area contributed by atoms with E-state index in [0.717, 1.165) is 0 Å². The van der Waals surface area contributed by atoms with E-state index in [1.54, 1.807) is 0 Å². The van der Waals surface area contributed by atoms with Crippen molar-refractivity contribution in [1.29, 1.82) is 0 Å². The molecule has 0 aliphatic rings. The van der Waals surface area contributed by atoms with Crippen molar-refractivity contribution in [3.63, 3.8) is 0 Å². The summed E-state index contributed by atoms with van der Waals surface area (Å²) in [7, 11) is 0. The van der Waals surface area contributed by atoms with E-state index < -0.39 is 22.7 Å². The molecule has 52 valence electrons. The maximum atomic E-state index is 8.56. The summed E-state index contributed by atoms with van der Waals surface area (Å²) in [5.41, 5.74) is 0. The first-order valence-electron chi connectivity index (χ1n) is 1.02. The van der Waals surface area contributed by atoms with Crippen LogP contribution in [0.5, 0.6) is 0 Å². The van der Waals surface area contributed by atoms with Gasteiger partial charge in [-0.05, 0) is 0 Å². The van der Waals surface area contributed by atoms with Crippen LogP contribution < -0.4 is 88.7 Å². The Morgan fingerprint density at radius 2 is 0.909 bits per heavy atom. The van der Waals surface area contributed by atoms with Gasteiger partial charge in [0.25, 0.3) is 0 Å². The minimum atomic E-state index is -3.11. The maximum Gasteiger partial charge on any atom is 1.00 e. The summed E-state index contributed by atoms with van der Waals surface area (Å²) in [6.45, 7) is 0. The molecule has 0 heterocycles. The molecule has 0 rings (SSSR count). The molecule has 0 amide bonds. The average molecular weight is 230 g/mol. The second kappa shape index (κ2) is 23.2. The topological polar surface area (TPSA) is 124 Å². The molecule has 0 saturated heterocycles. The van der Waals surface area contributed by atoms with Crippen molar-refractivity contribution in [3.05, 3.63) is 0 Å². The predicted octanol–water partition coefficient (Wildman–Crippen LogP) is -10.7. The molecular weight excluding hydrogens is 229 g/mol. The van der Waals surface area contributed by atoms with Gasteiger partial charge >= 0.3 is 88.7 Å². The SMILES string of the molecule is O=S([O-])O.O=S([O-])[O-].[Na+].[Na+].[Na+]. The fraction of sp³-hybridized carbons (Fsp3) is 0. The van der Waals surface area contributed by atoms with E-state index in [1.807, 2.05) is 0 Å². The van der Waals surface area contributed by atoms with E-state index in [9.17, 15) is 0 Å². The molecule has 0 aromatic heterocycles. The molecule has 0 bridgehead atoms. The Morgan fingerprint density at radius 1 is 0.909 bits per heavy atom. The Hall–Kier alpha value is 3.14. The summed E-state index contributed by atoms with van der Waals surface area (Å²) < 4.78 is 49.4. The summed E-state index contributed by atoms with van der Waals surface area (Å²) in [5, 5.41) is 0. The Bertz CT molecular complexity index is 73.8. The summed E-state index contributed by atoms with van der Waals surface area (Å²) in [6.07, 6.45) is 0. The van der Waals surface area contributed by atoms with Crippen LogP contribution in [0.1, 0.15) is 0 Å². The van der Waals surface area contributed by atoms with Crippen LogP contribution in [0.3, 0.4) is 0 Å². The molecule has 1 atom stereocenters. The largest absolute Gasteiger partial charge is 1.00 e. The molecule has 0 aliphatic heterocycles. The third kappa shape index (κ3) is 165. The van der Waals surface area contributed by atoms with Gasteiger partial charge < -0.3 is 18.2 Å². The second-order valence-electron chi connectivity index (χ2n) is 0.421. The standard InChI is InChI=1S/3Na.2H2O3S/c;;;2*1-4(2)3/h;;;2*(H2,1,2,3)/q3*+1;;/p-3. The van der Waals surface area contributed by atoms with Crippen molar-refractivity contribution in [1.82, 2.24) is 0 Å². The molecule has 0 aromatic rings. The summed E-state index contributed by atoms with van der Waals surface area (Å²) in [5.74, 6) is 0. The molecule has 0 saturated carbocycles. The third-order valence-electron chi connectivity index (χ3n) is 0. The van der Waals surface area contributed by atoms with E-state index in [0.29, 0.717) is 0 Å². The Kier molecular flexibility index (Phi) is 61.6. The van der Waals surface area contributed by atoms with Crippen LogP contribution in [0.4, 0.5) is 0 Å². The van der Waals surface area contributed by atoms with Crippen molar-refractivity contribution in [3.8, 4) is 0 Å². The summed E-state index contributed by atoms with van der Waals surface area (Å²) >= 11 is -5.97. The van der Waals surface area contributed by atoms with Gasteiger partial charge in [-0.25, -0.2) is 4.21 Å². The van der Waals surface area contributed by atoms with Crippen molar-refractivity contribution in [2.45, 2.75) is 0 Å². The predicted molar refractivity (Wildman–Crippen MR) is 21.2 cm³/mol. The Morgan fingerprint density at radius 3 is 0.909 bits per heavy atom. The molecule has 0 aliphatic carbocycles. The van der Waals surface area contributed by atoms with Gasteiger partial charge in [0.2, 0.25) is 0 Å². The Balaban J connectivity index is -0.0000000171. The first-order chi connectivity index (χ1) is 3.46. The molecule has 11 heavy (non-hydrogen) atoms. The van der Waals surface area contributed by atoms with Gasteiger partial charge in [-0.2, -0.15) is 0 Å². The minimum absolute atomic E-state index is 0. The van der Waals surface area contributed by atoms with Crippen LogP contribution in [0, 0.1) is 0 Å². The molecule has 6 nitrogen and oxygen atoms in total. The van der Waals surface area contributed by atoms with Crippen LogP contribution in [-0.2, 0) is 22.7 Å². The van der Waals surface area contributed by atoms with Crippen molar-refractivity contribution >= 4 is 22.7 Å². The normalized spacial score (nSPS) is 8.82. The fourth-order valence-electron chi connectivity index (χ4n) is 0. The molecular formula is HNa3O6S2. The first kappa shape index (κ1) is 29.2. The van der Waals surface area contributed by atoms with Crippen molar-refractivity contribution < 1.29 is 115 Å². The second-order valence-corrected chi connectivity index (χ2v) is 1.26. The molecule has 1 unspecified atom stereocenters. The quantitative estimate of drug-likeness (QED) is 0.325. The molecule has 1 N–H and O–H groups in total. The van der Waals surface area contributed by atoms with Gasteiger partial charge in [-0.3, -0.25) is 4.21 Å². The van der Waals surface area contributed by atoms with Crippen LogP contribution >= 0.6 is 0 Å². The van der Waals surface area contributed by atoms with Crippen LogP contribution in [0.25, 0.3) is 0 Å². The van der Waals surface area contributed by atoms with Crippen LogP contribution in [0.2, 0.25) is 0 Å². The van der Waals surface area contributed by atoms with Gasteiger partial charge in [0, 0.05) is 0 Å². The number of hydrogen-bond acceptors (Lipinski definition) is 5. The number of hydrogen-bond donors (Lipinski definition) is 1. The zero-order valence-corrected chi connectivity index (χ0v) is 13.9. The molecule has 0 fully saturated rings. The zero-order valence-electron chi connectivity index (χ0n) is 6.30. The summed E-state index contributed by atoms with van der Waals surface area (Å²) in [6, 6.07) is 0. The van der Waals surface area contributed by atoms with Gasteiger partial charge in [0.15, 0.2) is 0 Å². The summed E-state index contributed by atoms with van der Waals surface area (Å²) in [4.78, 5) is 0. The first-order valence-corrected chi connectivity index (χ1v) is 3.05. The third-order valence-corrected chi connectivity index (χ3v) is 0.